The number of fused-ring (bicyclic) bond motifs is 3. The fourth-order valence-corrected chi connectivity index (χ4v) is 7.55. The van der Waals surface area contributed by atoms with Crippen molar-refractivity contribution < 1.29 is 4.42 Å². The van der Waals surface area contributed by atoms with E-state index < -0.39 is 0 Å². The van der Waals surface area contributed by atoms with Crippen LogP contribution in [0.15, 0.2) is 211 Å². The van der Waals surface area contributed by atoms with E-state index in [2.05, 4.69) is 176 Å². The summed E-state index contributed by atoms with van der Waals surface area (Å²) in [6, 6.07) is 72.3. The molecule has 0 aliphatic rings. The van der Waals surface area contributed by atoms with Gasteiger partial charge >= 0.3 is 0 Å². The van der Waals surface area contributed by atoms with Crippen molar-refractivity contribution >= 4 is 21.9 Å². The van der Waals surface area contributed by atoms with Crippen LogP contribution in [0, 0.1) is 0 Å². The molecule has 0 radical (unpaired) electrons. The lowest BCUT2D eigenvalue weighted by Crippen LogP contribution is -1.97. The van der Waals surface area contributed by atoms with Gasteiger partial charge in [0.15, 0.2) is 5.82 Å². The first-order valence-electron chi connectivity index (χ1n) is 18.6. The highest BCUT2D eigenvalue weighted by Gasteiger charge is 2.17. The first-order valence-corrected chi connectivity index (χ1v) is 18.6. The molecule has 0 fully saturated rings. The molecule has 0 saturated heterocycles. The Kier molecular flexibility index (Phi) is 8.16. The van der Waals surface area contributed by atoms with Gasteiger partial charge in [-0.05, 0) is 93.0 Å². The molecule has 0 bridgehead atoms. The fraction of sp³-hybridized carbons (Fsp3) is 0. The summed E-state index contributed by atoms with van der Waals surface area (Å²) in [5, 5.41) is 2.20. The predicted octanol–water partition coefficient (Wildman–Crippen LogP) is 14.0. The Labute approximate surface area is 319 Å². The molecule has 0 aliphatic heterocycles. The van der Waals surface area contributed by atoms with Crippen LogP contribution in [0.5, 0.6) is 0 Å². The summed E-state index contributed by atoms with van der Waals surface area (Å²) in [4.78, 5) is 10.5. The van der Waals surface area contributed by atoms with Crippen LogP contribution in [-0.2, 0) is 0 Å². The van der Waals surface area contributed by atoms with Crippen molar-refractivity contribution in [2.75, 3.05) is 0 Å². The summed E-state index contributed by atoms with van der Waals surface area (Å²) < 4.78 is 6.22. The van der Waals surface area contributed by atoms with Crippen molar-refractivity contribution in [3.05, 3.63) is 206 Å². The van der Waals surface area contributed by atoms with Gasteiger partial charge in [-0.25, -0.2) is 9.97 Å². The van der Waals surface area contributed by atoms with Crippen LogP contribution in [0.1, 0.15) is 0 Å². The molecule has 258 valence electrons. The number of rotatable bonds is 7. The van der Waals surface area contributed by atoms with Crippen LogP contribution in [-0.4, -0.2) is 9.97 Å². The number of furan rings is 1. The summed E-state index contributed by atoms with van der Waals surface area (Å²) in [6.45, 7) is 0. The first kappa shape index (κ1) is 32.3. The van der Waals surface area contributed by atoms with Gasteiger partial charge in [0, 0.05) is 27.5 Å². The Morgan fingerprint density at radius 1 is 0.273 bits per heavy atom. The molecular formula is C52H34N2O. The second kappa shape index (κ2) is 13.9. The van der Waals surface area contributed by atoms with Gasteiger partial charge in [-0.3, -0.25) is 0 Å². The molecule has 10 aromatic rings. The molecule has 0 N–H and O–H groups in total. The largest absolute Gasteiger partial charge is 0.456 e. The minimum absolute atomic E-state index is 0.681. The van der Waals surface area contributed by atoms with Crippen LogP contribution in [0.3, 0.4) is 0 Å². The molecule has 2 heterocycles. The summed E-state index contributed by atoms with van der Waals surface area (Å²) in [6.07, 6.45) is 0. The van der Waals surface area contributed by atoms with Gasteiger partial charge in [0.25, 0.3) is 0 Å². The molecule has 2 aromatic heterocycles. The topological polar surface area (TPSA) is 38.9 Å². The summed E-state index contributed by atoms with van der Waals surface area (Å²) in [5.74, 6) is 0.681. The summed E-state index contributed by atoms with van der Waals surface area (Å²) in [5.41, 5.74) is 15.6. The van der Waals surface area contributed by atoms with E-state index >= 15 is 0 Å². The summed E-state index contributed by atoms with van der Waals surface area (Å²) in [7, 11) is 0. The highest BCUT2D eigenvalue weighted by molar-refractivity contribution is 6.06. The average molecular weight is 703 g/mol. The van der Waals surface area contributed by atoms with Crippen LogP contribution in [0.2, 0.25) is 0 Å². The number of hydrogen-bond acceptors (Lipinski definition) is 3. The molecular weight excluding hydrogens is 669 g/mol. The third-order valence-corrected chi connectivity index (χ3v) is 10.3. The molecule has 0 unspecified atom stereocenters. The molecule has 3 nitrogen and oxygen atoms in total. The molecule has 0 aliphatic carbocycles. The Morgan fingerprint density at radius 2 is 0.782 bits per heavy atom. The third kappa shape index (κ3) is 6.28. The quantitative estimate of drug-likeness (QED) is 0.166. The maximum absolute atomic E-state index is 6.22. The van der Waals surface area contributed by atoms with Crippen LogP contribution >= 0.6 is 0 Å². The van der Waals surface area contributed by atoms with Gasteiger partial charge in [-0.15, -0.1) is 0 Å². The molecule has 55 heavy (non-hydrogen) atoms. The Balaban J connectivity index is 1.20. The smallest absolute Gasteiger partial charge is 0.160 e. The van der Waals surface area contributed by atoms with E-state index in [-0.39, 0.29) is 0 Å². The molecule has 8 aromatic carbocycles. The Morgan fingerprint density at radius 3 is 1.53 bits per heavy atom. The van der Waals surface area contributed by atoms with Crippen molar-refractivity contribution in [2.45, 2.75) is 0 Å². The molecule has 0 saturated carbocycles. The van der Waals surface area contributed by atoms with Crippen molar-refractivity contribution in [3.63, 3.8) is 0 Å². The van der Waals surface area contributed by atoms with Gasteiger partial charge in [-0.1, -0.05) is 158 Å². The number of hydrogen-bond donors (Lipinski definition) is 0. The normalized spacial score (nSPS) is 11.3. The lowest BCUT2D eigenvalue weighted by Gasteiger charge is -2.15. The number of para-hydroxylation sites is 1. The van der Waals surface area contributed by atoms with Crippen LogP contribution in [0.25, 0.3) is 100 Å². The Bertz CT molecular complexity index is 2970. The number of benzene rings is 8. The van der Waals surface area contributed by atoms with Gasteiger partial charge < -0.3 is 4.42 Å². The second-order valence-corrected chi connectivity index (χ2v) is 13.8. The maximum atomic E-state index is 6.22. The van der Waals surface area contributed by atoms with Crippen molar-refractivity contribution in [3.8, 4) is 78.4 Å². The highest BCUT2D eigenvalue weighted by atomic mass is 16.3. The van der Waals surface area contributed by atoms with Crippen molar-refractivity contribution in [1.29, 1.82) is 0 Å². The van der Waals surface area contributed by atoms with E-state index in [1.54, 1.807) is 0 Å². The monoisotopic (exact) mass is 702 g/mol. The van der Waals surface area contributed by atoms with E-state index in [0.717, 1.165) is 83.4 Å². The van der Waals surface area contributed by atoms with Crippen LogP contribution < -0.4 is 0 Å². The average Bonchev–Trinajstić information content (AvgIpc) is 3.65. The first-order chi connectivity index (χ1) is 27.2. The molecule has 0 spiro atoms. The molecule has 10 rings (SSSR count). The minimum atomic E-state index is 0.681. The van der Waals surface area contributed by atoms with Crippen molar-refractivity contribution in [1.82, 2.24) is 9.97 Å². The highest BCUT2D eigenvalue weighted by Crippen LogP contribution is 2.39. The number of nitrogens with zero attached hydrogens (tertiary/aromatic N) is 2. The predicted molar refractivity (Wildman–Crippen MR) is 227 cm³/mol. The van der Waals surface area contributed by atoms with E-state index in [9.17, 15) is 0 Å². The van der Waals surface area contributed by atoms with Gasteiger partial charge in [0.1, 0.15) is 11.2 Å². The second-order valence-electron chi connectivity index (χ2n) is 13.8. The van der Waals surface area contributed by atoms with E-state index in [4.69, 9.17) is 14.4 Å². The van der Waals surface area contributed by atoms with E-state index in [0.29, 0.717) is 5.82 Å². The zero-order valence-electron chi connectivity index (χ0n) is 29.9. The molecule has 0 amide bonds. The molecule has 0 atom stereocenters. The fourth-order valence-electron chi connectivity index (χ4n) is 7.55. The van der Waals surface area contributed by atoms with Crippen LogP contribution in [0.4, 0.5) is 0 Å². The lowest BCUT2D eigenvalue weighted by atomic mass is 9.92. The molecule has 3 heteroatoms. The van der Waals surface area contributed by atoms with Gasteiger partial charge in [0.05, 0.1) is 11.4 Å². The summed E-state index contributed by atoms with van der Waals surface area (Å²) >= 11 is 0. The minimum Gasteiger partial charge on any atom is -0.456 e. The zero-order valence-corrected chi connectivity index (χ0v) is 29.9. The standard InChI is InChI=1S/C52H34N2O/c1-4-15-35(16-5-1)38-21-14-22-39(29-38)41-30-42(40-27-28-51-47(33-40)46-25-12-13-26-50(46)55-51)32-43(31-41)48-34-49(54-52(53-48)37-19-8-3-9-20-37)45-24-11-10-23-44(45)36-17-6-2-7-18-36/h1-34H. The number of aromatic nitrogens is 2. The lowest BCUT2D eigenvalue weighted by molar-refractivity contribution is 0.669. The third-order valence-electron chi connectivity index (χ3n) is 10.3. The Hall–Kier alpha value is -7.36. The van der Waals surface area contributed by atoms with E-state index in [1.807, 2.05) is 30.3 Å². The maximum Gasteiger partial charge on any atom is 0.160 e. The van der Waals surface area contributed by atoms with Gasteiger partial charge in [0.2, 0.25) is 0 Å². The SMILES string of the molecule is c1ccc(-c2cccc(-c3cc(-c4ccc5oc6ccccc6c5c4)cc(-c4cc(-c5ccccc5-c5ccccc5)nc(-c5ccccc5)n4)c3)c2)cc1. The van der Waals surface area contributed by atoms with Crippen molar-refractivity contribution in [2.24, 2.45) is 0 Å². The van der Waals surface area contributed by atoms with E-state index in [1.165, 1.54) is 11.1 Å². The zero-order chi connectivity index (χ0) is 36.6. The van der Waals surface area contributed by atoms with Gasteiger partial charge in [-0.2, -0.15) is 0 Å².